The zero-order valence-electron chi connectivity index (χ0n) is 13.1. The Bertz CT molecular complexity index is 530. The Balaban J connectivity index is 1.59. The number of hydrogen-bond donors (Lipinski definition) is 2. The van der Waals surface area contributed by atoms with Gasteiger partial charge in [-0.15, -0.1) is 0 Å². The molecule has 3 atom stereocenters. The van der Waals surface area contributed by atoms with Crippen molar-refractivity contribution in [3.8, 4) is 0 Å². The third kappa shape index (κ3) is 3.15. The topological polar surface area (TPSA) is 95.7 Å². The van der Waals surface area contributed by atoms with Crippen LogP contribution in [0.4, 0.5) is 0 Å². The molecule has 126 valence electrons. The fourth-order valence-electron chi connectivity index (χ4n) is 4.35. The average molecular weight is 330 g/mol. The van der Waals surface area contributed by atoms with E-state index in [0.29, 0.717) is 31.5 Å². The number of primary amides is 1. The second kappa shape index (κ2) is 6.07. The lowest BCUT2D eigenvalue weighted by Crippen LogP contribution is -2.49. The van der Waals surface area contributed by atoms with Gasteiger partial charge in [-0.1, -0.05) is 0 Å². The summed E-state index contributed by atoms with van der Waals surface area (Å²) >= 11 is 0. The molecule has 0 aromatic heterocycles. The first kappa shape index (κ1) is 16.2. The molecule has 0 bridgehead atoms. The lowest BCUT2D eigenvalue weighted by Gasteiger charge is -2.41. The maximum Gasteiger partial charge on any atom is 0.223 e. The maximum absolute atomic E-state index is 11.6. The van der Waals surface area contributed by atoms with Gasteiger partial charge in [0.25, 0.3) is 0 Å². The van der Waals surface area contributed by atoms with Gasteiger partial charge < -0.3 is 5.73 Å². The minimum absolute atomic E-state index is 0.0982. The summed E-state index contributed by atoms with van der Waals surface area (Å²) in [7, 11) is -3.06. The molecule has 22 heavy (non-hydrogen) atoms. The van der Waals surface area contributed by atoms with Gasteiger partial charge in [-0.2, -0.15) is 0 Å². The number of carbonyl (C=O) groups excluding carboxylic acids is 1. The minimum atomic E-state index is -3.06. The van der Waals surface area contributed by atoms with Crippen LogP contribution in [0.25, 0.3) is 0 Å². The standard InChI is InChI=1S/C14H26N4O3S/c1-22(20,21)17-5-2-10(3-6-17)11-4-7-18-13(8-11)12(9-16-18)14(15)19/h10-13,16H,2-9H2,1H3,(H2,15,19). The molecule has 3 fully saturated rings. The molecule has 3 N–H and O–H groups in total. The van der Waals surface area contributed by atoms with Gasteiger partial charge in [-0.25, -0.2) is 17.7 Å². The van der Waals surface area contributed by atoms with Crippen molar-refractivity contribution in [2.24, 2.45) is 23.5 Å². The van der Waals surface area contributed by atoms with E-state index in [1.165, 1.54) is 6.26 Å². The lowest BCUT2D eigenvalue weighted by atomic mass is 9.75. The molecule has 0 aliphatic carbocycles. The van der Waals surface area contributed by atoms with Crippen LogP contribution < -0.4 is 11.2 Å². The van der Waals surface area contributed by atoms with Gasteiger partial charge in [0.15, 0.2) is 0 Å². The summed E-state index contributed by atoms with van der Waals surface area (Å²) in [5.41, 5.74) is 8.80. The molecule has 0 radical (unpaired) electrons. The Morgan fingerprint density at radius 1 is 1.14 bits per heavy atom. The molecule has 0 saturated carbocycles. The number of hydrazine groups is 1. The van der Waals surface area contributed by atoms with Gasteiger partial charge in [0.2, 0.25) is 15.9 Å². The summed E-state index contributed by atoms with van der Waals surface area (Å²) in [4.78, 5) is 11.6. The van der Waals surface area contributed by atoms with Crippen LogP contribution in [-0.4, -0.2) is 62.1 Å². The van der Waals surface area contributed by atoms with Crippen molar-refractivity contribution in [3.63, 3.8) is 0 Å². The smallest absolute Gasteiger partial charge is 0.223 e. The first-order chi connectivity index (χ1) is 10.4. The van der Waals surface area contributed by atoms with E-state index in [9.17, 15) is 13.2 Å². The fourth-order valence-corrected chi connectivity index (χ4v) is 5.23. The number of piperidine rings is 2. The molecule has 0 spiro atoms. The van der Waals surface area contributed by atoms with E-state index in [4.69, 9.17) is 5.73 Å². The summed E-state index contributed by atoms with van der Waals surface area (Å²) in [6.07, 6.45) is 5.24. The summed E-state index contributed by atoms with van der Waals surface area (Å²) in [6.45, 7) is 2.86. The van der Waals surface area contributed by atoms with Crippen molar-refractivity contribution in [1.29, 1.82) is 0 Å². The van der Waals surface area contributed by atoms with Crippen LogP contribution in [0.1, 0.15) is 25.7 Å². The van der Waals surface area contributed by atoms with Gasteiger partial charge in [0, 0.05) is 32.2 Å². The molecule has 3 rings (SSSR count). The predicted molar refractivity (Wildman–Crippen MR) is 83.0 cm³/mol. The summed E-state index contributed by atoms with van der Waals surface area (Å²) in [5, 5.41) is 2.18. The Hall–Kier alpha value is -0.700. The third-order valence-corrected chi connectivity index (χ3v) is 6.97. The van der Waals surface area contributed by atoms with E-state index in [2.05, 4.69) is 10.4 Å². The van der Waals surface area contributed by atoms with Gasteiger partial charge in [0.05, 0.1) is 12.2 Å². The minimum Gasteiger partial charge on any atom is -0.369 e. The number of nitrogens with zero attached hydrogens (tertiary/aromatic N) is 2. The number of nitrogens with one attached hydrogen (secondary N) is 1. The van der Waals surface area contributed by atoms with Crippen LogP contribution in [0.2, 0.25) is 0 Å². The van der Waals surface area contributed by atoms with Crippen LogP contribution in [-0.2, 0) is 14.8 Å². The Morgan fingerprint density at radius 2 is 1.77 bits per heavy atom. The number of rotatable bonds is 3. The first-order valence-electron chi connectivity index (χ1n) is 8.11. The van der Waals surface area contributed by atoms with Crippen molar-refractivity contribution < 1.29 is 13.2 Å². The van der Waals surface area contributed by atoms with Crippen molar-refractivity contribution in [1.82, 2.24) is 14.7 Å². The molecule has 0 aromatic carbocycles. The highest BCUT2D eigenvalue weighted by Gasteiger charge is 2.43. The van der Waals surface area contributed by atoms with Crippen LogP contribution in [0.5, 0.6) is 0 Å². The van der Waals surface area contributed by atoms with Gasteiger partial charge >= 0.3 is 0 Å². The quantitative estimate of drug-likeness (QED) is 0.717. The molecule has 3 unspecified atom stereocenters. The predicted octanol–water partition coefficient (Wildman–Crippen LogP) is -0.642. The number of hydrogen-bond acceptors (Lipinski definition) is 5. The maximum atomic E-state index is 11.6. The molecule has 3 aliphatic heterocycles. The van der Waals surface area contributed by atoms with Crippen molar-refractivity contribution >= 4 is 15.9 Å². The van der Waals surface area contributed by atoms with E-state index < -0.39 is 10.0 Å². The van der Waals surface area contributed by atoms with Gasteiger partial charge in [0.1, 0.15) is 0 Å². The number of nitrogens with two attached hydrogens (primary N) is 1. The van der Waals surface area contributed by atoms with E-state index in [1.54, 1.807) is 4.31 Å². The van der Waals surface area contributed by atoms with Crippen molar-refractivity contribution in [2.75, 3.05) is 32.4 Å². The molecule has 3 saturated heterocycles. The summed E-state index contributed by atoms with van der Waals surface area (Å²) < 4.78 is 24.8. The molecule has 7 nitrogen and oxygen atoms in total. The lowest BCUT2D eigenvalue weighted by molar-refractivity contribution is -0.122. The van der Waals surface area contributed by atoms with Crippen molar-refractivity contribution in [2.45, 2.75) is 31.7 Å². The molecule has 1 amide bonds. The molecule has 3 heterocycles. The monoisotopic (exact) mass is 330 g/mol. The molecular formula is C14H26N4O3S. The molecule has 3 aliphatic rings. The number of fused-ring (bicyclic) bond motifs is 1. The Morgan fingerprint density at radius 3 is 2.36 bits per heavy atom. The average Bonchev–Trinajstić information content (AvgIpc) is 2.89. The molecule has 0 aromatic rings. The molecular weight excluding hydrogens is 304 g/mol. The summed E-state index contributed by atoms with van der Waals surface area (Å²) in [6, 6.07) is 0.212. The number of carbonyl (C=O) groups is 1. The van der Waals surface area contributed by atoms with E-state index in [1.807, 2.05) is 0 Å². The Labute approximate surface area is 132 Å². The second-order valence-electron chi connectivity index (χ2n) is 6.92. The Kier molecular flexibility index (Phi) is 4.46. The zero-order valence-corrected chi connectivity index (χ0v) is 13.9. The highest BCUT2D eigenvalue weighted by molar-refractivity contribution is 7.88. The molecule has 8 heteroatoms. The van der Waals surface area contributed by atoms with Crippen LogP contribution >= 0.6 is 0 Å². The van der Waals surface area contributed by atoms with Crippen LogP contribution in [0.3, 0.4) is 0 Å². The third-order valence-electron chi connectivity index (χ3n) is 5.66. The van der Waals surface area contributed by atoms with Crippen LogP contribution in [0.15, 0.2) is 0 Å². The van der Waals surface area contributed by atoms with E-state index >= 15 is 0 Å². The normalized spacial score (nSPS) is 35.4. The van der Waals surface area contributed by atoms with Crippen molar-refractivity contribution in [3.05, 3.63) is 0 Å². The highest BCUT2D eigenvalue weighted by Crippen LogP contribution is 2.38. The van der Waals surface area contributed by atoms with Gasteiger partial charge in [-0.3, -0.25) is 10.2 Å². The zero-order chi connectivity index (χ0) is 15.9. The SMILES string of the molecule is CS(=O)(=O)N1CCC(C2CCN3NCC(C(N)=O)C3C2)CC1. The highest BCUT2D eigenvalue weighted by atomic mass is 32.2. The fraction of sp³-hybridized carbons (Fsp3) is 0.929. The number of amides is 1. The number of sulfonamides is 1. The summed E-state index contributed by atoms with van der Waals surface area (Å²) in [5.74, 6) is 0.824. The van der Waals surface area contributed by atoms with Crippen LogP contribution in [0, 0.1) is 17.8 Å². The van der Waals surface area contributed by atoms with Gasteiger partial charge in [-0.05, 0) is 37.5 Å². The largest absolute Gasteiger partial charge is 0.369 e. The van der Waals surface area contributed by atoms with E-state index in [-0.39, 0.29) is 17.9 Å². The first-order valence-corrected chi connectivity index (χ1v) is 9.95. The van der Waals surface area contributed by atoms with E-state index in [0.717, 1.165) is 32.2 Å². The second-order valence-corrected chi connectivity index (χ2v) is 8.90.